The molecule has 0 N–H and O–H groups in total. The average molecular weight is 427 g/mol. The molecule has 0 aromatic rings. The van der Waals surface area contributed by atoms with Crippen molar-refractivity contribution in [3.8, 4) is 0 Å². The molecule has 0 atom stereocenters. The molecule has 0 amide bonds. The minimum Gasteiger partial charge on any atom is -0.466 e. The van der Waals surface area contributed by atoms with Gasteiger partial charge in [0.25, 0.3) is 0 Å². The number of aldehydes is 1. The topological polar surface area (TPSA) is 43.4 Å². The van der Waals surface area contributed by atoms with Gasteiger partial charge < -0.3 is 9.53 Å². The fraction of sp³-hybridized carbons (Fsp3) is 0.926. The maximum Gasteiger partial charge on any atom is 0.305 e. The molecule has 180 valence electrons. The van der Waals surface area contributed by atoms with Crippen molar-refractivity contribution in [2.75, 3.05) is 6.61 Å². The van der Waals surface area contributed by atoms with Gasteiger partial charge in [-0.05, 0) is 19.8 Å². The van der Waals surface area contributed by atoms with Gasteiger partial charge in [-0.1, -0.05) is 123 Å². The van der Waals surface area contributed by atoms with Crippen LogP contribution < -0.4 is 0 Å². The lowest BCUT2D eigenvalue weighted by atomic mass is 10.0. The Hall–Kier alpha value is -0.860. The zero-order valence-corrected chi connectivity index (χ0v) is 20.9. The van der Waals surface area contributed by atoms with Crippen LogP contribution in [-0.2, 0) is 14.3 Å². The zero-order chi connectivity index (χ0) is 22.5. The van der Waals surface area contributed by atoms with Crippen molar-refractivity contribution >= 4 is 12.3 Å². The Morgan fingerprint density at radius 3 is 1.30 bits per heavy atom. The first-order valence-corrected chi connectivity index (χ1v) is 13.3. The molecule has 0 heterocycles. The van der Waals surface area contributed by atoms with Crippen LogP contribution in [-0.4, -0.2) is 18.9 Å². The summed E-state index contributed by atoms with van der Waals surface area (Å²) in [5.74, 6) is -0.0319. The summed E-state index contributed by atoms with van der Waals surface area (Å²) in [6.07, 6.45) is 27.4. The molecular weight excluding hydrogens is 372 g/mol. The molecule has 0 aliphatic carbocycles. The summed E-state index contributed by atoms with van der Waals surface area (Å²) in [4.78, 5) is 21.0. The minimum atomic E-state index is -0.0319. The Balaban J connectivity index is 0. The molecule has 0 aliphatic heterocycles. The van der Waals surface area contributed by atoms with E-state index in [-0.39, 0.29) is 5.97 Å². The fourth-order valence-electron chi connectivity index (χ4n) is 3.53. The predicted octanol–water partition coefficient (Wildman–Crippen LogP) is 8.97. The van der Waals surface area contributed by atoms with Crippen LogP contribution in [0.15, 0.2) is 0 Å². The van der Waals surface area contributed by atoms with Gasteiger partial charge in [0.1, 0.15) is 6.29 Å². The summed E-state index contributed by atoms with van der Waals surface area (Å²) in [5.41, 5.74) is 0. The van der Waals surface area contributed by atoms with Crippen LogP contribution >= 0.6 is 0 Å². The highest BCUT2D eigenvalue weighted by atomic mass is 16.5. The van der Waals surface area contributed by atoms with Gasteiger partial charge in [0, 0.05) is 12.8 Å². The lowest BCUT2D eigenvalue weighted by Crippen LogP contribution is -2.03. The van der Waals surface area contributed by atoms with E-state index in [2.05, 4.69) is 13.8 Å². The van der Waals surface area contributed by atoms with Gasteiger partial charge in [-0.25, -0.2) is 0 Å². The van der Waals surface area contributed by atoms with Crippen LogP contribution in [0.3, 0.4) is 0 Å². The SMILES string of the molecule is CCCCCCCCC=O.CCCCCCCCCCCCCCCC(=O)OCC. The fourth-order valence-corrected chi connectivity index (χ4v) is 3.53. The number of rotatable bonds is 22. The third-order valence-corrected chi connectivity index (χ3v) is 5.47. The van der Waals surface area contributed by atoms with Crippen molar-refractivity contribution in [1.29, 1.82) is 0 Å². The summed E-state index contributed by atoms with van der Waals surface area (Å²) in [6.45, 7) is 6.86. The molecule has 0 saturated carbocycles. The van der Waals surface area contributed by atoms with Crippen LogP contribution in [0, 0.1) is 0 Å². The molecule has 3 nitrogen and oxygen atoms in total. The first-order valence-electron chi connectivity index (χ1n) is 13.3. The lowest BCUT2D eigenvalue weighted by molar-refractivity contribution is -0.143. The van der Waals surface area contributed by atoms with E-state index in [9.17, 15) is 9.59 Å². The van der Waals surface area contributed by atoms with Crippen molar-refractivity contribution < 1.29 is 14.3 Å². The van der Waals surface area contributed by atoms with Gasteiger partial charge in [-0.2, -0.15) is 0 Å². The summed E-state index contributed by atoms with van der Waals surface area (Å²) < 4.78 is 4.91. The lowest BCUT2D eigenvalue weighted by Gasteiger charge is -2.03. The second-order valence-corrected chi connectivity index (χ2v) is 8.52. The molecule has 0 spiro atoms. The maximum atomic E-state index is 11.1. The second-order valence-electron chi connectivity index (χ2n) is 8.52. The van der Waals surface area contributed by atoms with Gasteiger partial charge >= 0.3 is 5.97 Å². The molecule has 0 unspecified atom stereocenters. The van der Waals surface area contributed by atoms with Gasteiger partial charge in [0.15, 0.2) is 0 Å². The van der Waals surface area contributed by atoms with E-state index < -0.39 is 0 Å². The summed E-state index contributed by atoms with van der Waals surface area (Å²) >= 11 is 0. The molecule has 0 bridgehead atoms. The number of hydrogen-bond acceptors (Lipinski definition) is 3. The van der Waals surface area contributed by atoms with Gasteiger partial charge in [-0.3, -0.25) is 4.79 Å². The third-order valence-electron chi connectivity index (χ3n) is 5.47. The number of carbonyl (C=O) groups excluding carboxylic acids is 2. The van der Waals surface area contributed by atoms with E-state index in [4.69, 9.17) is 4.74 Å². The Bertz CT molecular complexity index is 328. The van der Waals surface area contributed by atoms with Crippen LogP contribution in [0.2, 0.25) is 0 Å². The Labute approximate surface area is 189 Å². The van der Waals surface area contributed by atoms with Crippen molar-refractivity contribution in [2.24, 2.45) is 0 Å². The van der Waals surface area contributed by atoms with Gasteiger partial charge in [0.05, 0.1) is 6.61 Å². The molecule has 0 saturated heterocycles. The number of carbonyl (C=O) groups is 2. The van der Waals surface area contributed by atoms with Crippen LogP contribution in [0.4, 0.5) is 0 Å². The molecule has 0 fully saturated rings. The van der Waals surface area contributed by atoms with E-state index in [0.29, 0.717) is 13.0 Å². The second kappa shape index (κ2) is 30.3. The van der Waals surface area contributed by atoms with Crippen molar-refractivity contribution in [3.63, 3.8) is 0 Å². The molecule has 30 heavy (non-hydrogen) atoms. The number of ether oxygens (including phenoxy) is 1. The average Bonchev–Trinajstić information content (AvgIpc) is 2.74. The number of hydrogen-bond donors (Lipinski definition) is 0. The van der Waals surface area contributed by atoms with Gasteiger partial charge in [-0.15, -0.1) is 0 Å². The predicted molar refractivity (Wildman–Crippen MR) is 131 cm³/mol. The van der Waals surface area contributed by atoms with Gasteiger partial charge in [0.2, 0.25) is 0 Å². The van der Waals surface area contributed by atoms with Crippen molar-refractivity contribution in [3.05, 3.63) is 0 Å². The standard InChI is InChI=1S/C18H36O2.C9H18O/c1-3-5-6-7-8-9-10-11-12-13-14-15-16-17-18(19)20-4-2;1-2-3-4-5-6-7-8-9-10/h3-17H2,1-2H3;9H,2-8H2,1H3. The maximum absolute atomic E-state index is 11.1. The normalized spacial score (nSPS) is 10.4. The monoisotopic (exact) mass is 426 g/mol. The molecule has 0 radical (unpaired) electrons. The first kappa shape index (κ1) is 31.3. The molecule has 0 aromatic carbocycles. The third kappa shape index (κ3) is 31.8. The van der Waals surface area contributed by atoms with E-state index in [0.717, 1.165) is 25.5 Å². The van der Waals surface area contributed by atoms with E-state index in [1.54, 1.807) is 0 Å². The highest BCUT2D eigenvalue weighted by molar-refractivity contribution is 5.69. The number of esters is 1. The summed E-state index contributed by atoms with van der Waals surface area (Å²) in [6, 6.07) is 0. The Kier molecular flexibility index (Phi) is 31.7. The smallest absolute Gasteiger partial charge is 0.305 e. The molecule has 0 aromatic heterocycles. The van der Waals surface area contributed by atoms with Crippen molar-refractivity contribution in [1.82, 2.24) is 0 Å². The zero-order valence-electron chi connectivity index (χ0n) is 20.9. The van der Waals surface area contributed by atoms with Crippen LogP contribution in [0.1, 0.15) is 156 Å². The first-order chi connectivity index (χ1) is 14.7. The molecular formula is C27H54O3. The minimum absolute atomic E-state index is 0.0319. The van der Waals surface area contributed by atoms with Crippen LogP contribution in [0.5, 0.6) is 0 Å². The summed E-state index contributed by atoms with van der Waals surface area (Å²) in [5, 5.41) is 0. The largest absolute Gasteiger partial charge is 0.466 e. The highest BCUT2D eigenvalue weighted by Gasteiger charge is 2.00. The Morgan fingerprint density at radius 2 is 0.933 bits per heavy atom. The van der Waals surface area contributed by atoms with E-state index in [1.165, 1.54) is 109 Å². The van der Waals surface area contributed by atoms with Crippen LogP contribution in [0.25, 0.3) is 0 Å². The Morgan fingerprint density at radius 1 is 0.567 bits per heavy atom. The molecule has 3 heteroatoms. The van der Waals surface area contributed by atoms with E-state index >= 15 is 0 Å². The summed E-state index contributed by atoms with van der Waals surface area (Å²) in [7, 11) is 0. The number of unbranched alkanes of at least 4 members (excludes halogenated alkanes) is 18. The molecule has 0 rings (SSSR count). The van der Waals surface area contributed by atoms with E-state index in [1.807, 2.05) is 6.92 Å². The molecule has 0 aliphatic rings. The highest BCUT2D eigenvalue weighted by Crippen LogP contribution is 2.13. The quantitative estimate of drug-likeness (QED) is 0.0985. The van der Waals surface area contributed by atoms with Crippen molar-refractivity contribution in [2.45, 2.75) is 156 Å².